The number of likely N-dealkylation sites (tertiary alicyclic amines) is 1. The molecule has 152 valence electrons. The number of rotatable bonds is 3. The van der Waals surface area contributed by atoms with Gasteiger partial charge in [-0.1, -0.05) is 0 Å². The van der Waals surface area contributed by atoms with Gasteiger partial charge in [0.2, 0.25) is 0 Å². The quantitative estimate of drug-likeness (QED) is 0.606. The summed E-state index contributed by atoms with van der Waals surface area (Å²) in [7, 11) is 0. The van der Waals surface area contributed by atoms with E-state index in [1.54, 1.807) is 6.20 Å². The molecule has 3 fully saturated rings. The molecule has 5 rings (SSSR count). The van der Waals surface area contributed by atoms with Gasteiger partial charge >= 0.3 is 0 Å². The van der Waals surface area contributed by atoms with E-state index in [9.17, 15) is 10.2 Å². The van der Waals surface area contributed by atoms with Crippen LogP contribution in [0.3, 0.4) is 0 Å². The molecule has 1 spiro atoms. The van der Waals surface area contributed by atoms with E-state index in [4.69, 9.17) is 10.5 Å². The maximum atomic E-state index is 10.7. The SMILES string of the molecule is Nc1nccc2c1ccn2[C@@H]1O[C@H](CN2CCCC23CCNCC3)[C@@H](O)[C@H]1O. The van der Waals surface area contributed by atoms with E-state index in [1.165, 1.54) is 12.8 Å². The third kappa shape index (κ3) is 2.83. The number of nitrogens with zero attached hydrogens (tertiary/aromatic N) is 3. The molecule has 3 saturated heterocycles. The van der Waals surface area contributed by atoms with Crippen molar-refractivity contribution in [3.63, 3.8) is 0 Å². The molecule has 28 heavy (non-hydrogen) atoms. The van der Waals surface area contributed by atoms with Crippen LogP contribution in [0.25, 0.3) is 10.9 Å². The number of aliphatic hydroxyl groups excluding tert-OH is 2. The number of nitrogen functional groups attached to an aromatic ring is 1. The Bertz CT molecular complexity index is 849. The normalized spacial score (nSPS) is 33.2. The van der Waals surface area contributed by atoms with Crippen LogP contribution in [-0.2, 0) is 4.74 Å². The summed E-state index contributed by atoms with van der Waals surface area (Å²) in [5.74, 6) is 0.450. The van der Waals surface area contributed by atoms with Gasteiger partial charge in [0.15, 0.2) is 6.23 Å². The zero-order chi connectivity index (χ0) is 19.3. The minimum Gasteiger partial charge on any atom is -0.387 e. The molecule has 8 nitrogen and oxygen atoms in total. The second-order valence-electron chi connectivity index (χ2n) is 8.42. The summed E-state index contributed by atoms with van der Waals surface area (Å²) in [6.45, 7) is 3.76. The third-order valence-corrected chi connectivity index (χ3v) is 6.96. The third-order valence-electron chi connectivity index (χ3n) is 6.96. The van der Waals surface area contributed by atoms with Gasteiger partial charge in [-0.2, -0.15) is 0 Å². The smallest absolute Gasteiger partial charge is 0.163 e. The maximum Gasteiger partial charge on any atom is 0.163 e. The average Bonchev–Trinajstić information content (AvgIpc) is 3.37. The van der Waals surface area contributed by atoms with Crippen molar-refractivity contribution in [2.75, 3.05) is 31.9 Å². The number of hydrogen-bond donors (Lipinski definition) is 4. The summed E-state index contributed by atoms with van der Waals surface area (Å²) in [6, 6.07) is 3.73. The highest BCUT2D eigenvalue weighted by Gasteiger charge is 2.48. The van der Waals surface area contributed by atoms with E-state index in [-0.39, 0.29) is 5.54 Å². The lowest BCUT2D eigenvalue weighted by atomic mass is 9.85. The van der Waals surface area contributed by atoms with Crippen LogP contribution in [0.1, 0.15) is 31.9 Å². The van der Waals surface area contributed by atoms with E-state index >= 15 is 0 Å². The topological polar surface area (TPSA) is 109 Å². The molecule has 0 aliphatic carbocycles. The van der Waals surface area contributed by atoms with Crippen molar-refractivity contribution in [2.45, 2.75) is 55.8 Å². The molecule has 4 atom stereocenters. The number of ether oxygens (including phenoxy) is 1. The number of aliphatic hydroxyl groups is 2. The molecule has 3 aliphatic heterocycles. The second-order valence-corrected chi connectivity index (χ2v) is 8.42. The first-order valence-corrected chi connectivity index (χ1v) is 10.3. The molecule has 0 saturated carbocycles. The molecule has 0 unspecified atom stereocenters. The molecule has 0 aromatic carbocycles. The highest BCUT2D eigenvalue weighted by atomic mass is 16.6. The average molecular weight is 387 g/mol. The molecule has 8 heteroatoms. The first-order valence-electron chi connectivity index (χ1n) is 10.3. The van der Waals surface area contributed by atoms with Gasteiger partial charge < -0.3 is 30.6 Å². The fourth-order valence-electron chi connectivity index (χ4n) is 5.40. The van der Waals surface area contributed by atoms with Crippen molar-refractivity contribution in [3.8, 4) is 0 Å². The molecule has 2 aromatic rings. The van der Waals surface area contributed by atoms with Gasteiger partial charge in [0, 0.05) is 29.9 Å². The minimum absolute atomic E-state index is 0.220. The molecule has 5 heterocycles. The Morgan fingerprint density at radius 1 is 1.21 bits per heavy atom. The predicted octanol–water partition coefficient (Wildman–Crippen LogP) is 0.456. The van der Waals surface area contributed by atoms with Crippen molar-refractivity contribution in [2.24, 2.45) is 0 Å². The molecular formula is C20H29N5O3. The second kappa shape index (κ2) is 6.96. The van der Waals surface area contributed by atoms with Crippen molar-refractivity contribution >= 4 is 16.7 Å². The number of piperidine rings is 1. The predicted molar refractivity (Wildman–Crippen MR) is 106 cm³/mol. The summed E-state index contributed by atoms with van der Waals surface area (Å²) in [4.78, 5) is 6.61. The van der Waals surface area contributed by atoms with Gasteiger partial charge in [-0.3, -0.25) is 4.90 Å². The van der Waals surface area contributed by atoms with Gasteiger partial charge in [0.1, 0.15) is 24.1 Å². The zero-order valence-electron chi connectivity index (χ0n) is 16.0. The number of anilines is 1. The van der Waals surface area contributed by atoms with Crippen LogP contribution in [0, 0.1) is 0 Å². The van der Waals surface area contributed by atoms with Crippen LogP contribution in [-0.4, -0.2) is 74.7 Å². The number of nitrogens with one attached hydrogen (secondary N) is 1. The number of hydrogen-bond acceptors (Lipinski definition) is 7. The van der Waals surface area contributed by atoms with Crippen LogP contribution in [0.4, 0.5) is 5.82 Å². The number of fused-ring (bicyclic) bond motifs is 1. The van der Waals surface area contributed by atoms with Gasteiger partial charge in [-0.05, 0) is 57.5 Å². The first kappa shape index (κ1) is 18.3. The summed E-state index contributed by atoms with van der Waals surface area (Å²) < 4.78 is 8.07. The highest BCUT2D eigenvalue weighted by molar-refractivity contribution is 5.89. The molecule has 0 radical (unpaired) electrons. The van der Waals surface area contributed by atoms with E-state index in [0.29, 0.717) is 12.4 Å². The monoisotopic (exact) mass is 387 g/mol. The summed E-state index contributed by atoms with van der Waals surface area (Å²) in [5.41, 5.74) is 7.02. The Hall–Kier alpha value is -1.71. The first-order chi connectivity index (χ1) is 13.6. The summed E-state index contributed by atoms with van der Waals surface area (Å²) in [6.07, 6.45) is 5.20. The molecule has 2 aromatic heterocycles. The van der Waals surface area contributed by atoms with Crippen LogP contribution < -0.4 is 11.1 Å². The lowest BCUT2D eigenvalue weighted by Gasteiger charge is -2.43. The van der Waals surface area contributed by atoms with Crippen LogP contribution in [0.15, 0.2) is 24.5 Å². The number of pyridine rings is 1. The molecule has 0 amide bonds. The highest BCUT2D eigenvalue weighted by Crippen LogP contribution is 2.39. The fourth-order valence-corrected chi connectivity index (χ4v) is 5.40. The summed E-state index contributed by atoms with van der Waals surface area (Å²) in [5, 5.41) is 25.7. The number of aromatic nitrogens is 2. The van der Waals surface area contributed by atoms with Crippen molar-refractivity contribution < 1.29 is 14.9 Å². The Kier molecular flexibility index (Phi) is 4.56. The summed E-state index contributed by atoms with van der Waals surface area (Å²) >= 11 is 0. The van der Waals surface area contributed by atoms with E-state index in [0.717, 1.165) is 43.4 Å². The molecular weight excluding hydrogens is 358 g/mol. The lowest BCUT2D eigenvalue weighted by molar-refractivity contribution is -0.0540. The Morgan fingerprint density at radius 3 is 2.86 bits per heavy atom. The Balaban J connectivity index is 1.37. The van der Waals surface area contributed by atoms with Crippen LogP contribution in [0.5, 0.6) is 0 Å². The molecule has 3 aliphatic rings. The van der Waals surface area contributed by atoms with Gasteiger partial charge in [0.25, 0.3) is 0 Å². The van der Waals surface area contributed by atoms with Gasteiger partial charge in [0.05, 0.1) is 5.52 Å². The van der Waals surface area contributed by atoms with Crippen LogP contribution >= 0.6 is 0 Å². The van der Waals surface area contributed by atoms with Gasteiger partial charge in [-0.15, -0.1) is 0 Å². The Morgan fingerprint density at radius 2 is 2.04 bits per heavy atom. The van der Waals surface area contributed by atoms with Crippen molar-refractivity contribution in [1.82, 2.24) is 19.8 Å². The lowest BCUT2D eigenvalue weighted by Crippen LogP contribution is -2.54. The van der Waals surface area contributed by atoms with Crippen molar-refractivity contribution in [3.05, 3.63) is 24.5 Å². The van der Waals surface area contributed by atoms with E-state index in [1.807, 2.05) is 22.9 Å². The van der Waals surface area contributed by atoms with Crippen LogP contribution in [0.2, 0.25) is 0 Å². The fraction of sp³-hybridized carbons (Fsp3) is 0.650. The molecule has 0 bridgehead atoms. The largest absolute Gasteiger partial charge is 0.387 e. The number of nitrogens with two attached hydrogens (primary N) is 1. The van der Waals surface area contributed by atoms with Gasteiger partial charge in [-0.25, -0.2) is 4.98 Å². The zero-order valence-corrected chi connectivity index (χ0v) is 16.0. The minimum atomic E-state index is -0.985. The Labute approximate surface area is 164 Å². The van der Waals surface area contributed by atoms with E-state index in [2.05, 4.69) is 15.2 Å². The maximum absolute atomic E-state index is 10.7. The van der Waals surface area contributed by atoms with Crippen molar-refractivity contribution in [1.29, 1.82) is 0 Å². The molecule has 5 N–H and O–H groups in total. The standard InChI is InChI=1S/C20H29N5O3/c21-18-13-3-11-25(14(13)2-7-23-18)19-17(27)16(26)15(28-19)12-24-10-1-4-20(24)5-8-22-9-6-20/h2-3,7,11,15-17,19,22,26-27H,1,4-6,8-10,12H2,(H2,21,23)/t15-,16-,17-,19-/m1/s1. The van der Waals surface area contributed by atoms with E-state index < -0.39 is 24.5 Å².